The van der Waals surface area contributed by atoms with E-state index in [1.165, 1.54) is 11.1 Å². The van der Waals surface area contributed by atoms with Crippen LogP contribution in [0.4, 0.5) is 11.4 Å². The molecule has 182 valence electrons. The zero-order chi connectivity index (χ0) is 24.6. The van der Waals surface area contributed by atoms with E-state index in [4.69, 9.17) is 21.2 Å². The van der Waals surface area contributed by atoms with Crippen molar-refractivity contribution in [2.75, 3.05) is 38.4 Å². The summed E-state index contributed by atoms with van der Waals surface area (Å²) < 4.78 is 5.60. The van der Waals surface area contributed by atoms with Gasteiger partial charge in [0.05, 0.1) is 5.69 Å². The lowest BCUT2D eigenvalue weighted by Crippen LogP contribution is -2.45. The number of nitrogens with one attached hydrogen (secondary N) is 1. The van der Waals surface area contributed by atoms with E-state index in [2.05, 4.69) is 54.4 Å². The summed E-state index contributed by atoms with van der Waals surface area (Å²) in [6.07, 6.45) is 7.57. The highest BCUT2D eigenvalue weighted by molar-refractivity contribution is 6.02. The minimum atomic E-state index is -1.11. The maximum Gasteiger partial charge on any atom is 0.209 e. The van der Waals surface area contributed by atoms with Crippen LogP contribution in [0.3, 0.4) is 0 Å². The van der Waals surface area contributed by atoms with Gasteiger partial charge in [0, 0.05) is 66.3 Å². The fourth-order valence-corrected chi connectivity index (χ4v) is 5.14. The van der Waals surface area contributed by atoms with E-state index in [0.717, 1.165) is 66.1 Å². The number of aryl methyl sites for hydroxylation is 1. The van der Waals surface area contributed by atoms with Gasteiger partial charge in [-0.15, -0.1) is 0 Å². The lowest BCUT2D eigenvalue weighted by atomic mass is 9.86. The van der Waals surface area contributed by atoms with Crippen LogP contribution in [-0.2, 0) is 17.1 Å². The van der Waals surface area contributed by atoms with Crippen molar-refractivity contribution in [2.45, 2.75) is 38.0 Å². The van der Waals surface area contributed by atoms with E-state index < -0.39 is 5.79 Å². The molecule has 0 bridgehead atoms. The summed E-state index contributed by atoms with van der Waals surface area (Å²) >= 11 is 0. The van der Waals surface area contributed by atoms with Crippen LogP contribution in [0, 0.1) is 6.92 Å². The molecule has 1 atom stereocenters. The monoisotopic (exact) mass is 470 g/mol. The van der Waals surface area contributed by atoms with Gasteiger partial charge >= 0.3 is 0 Å². The molecule has 0 amide bonds. The third kappa shape index (κ3) is 4.55. The summed E-state index contributed by atoms with van der Waals surface area (Å²) in [5.74, 6) is -0.606. The number of hydrogen-bond acceptors (Lipinski definition) is 7. The molecule has 5 N–H and O–H groups in total. The van der Waals surface area contributed by atoms with Crippen LogP contribution in [0.15, 0.2) is 53.8 Å². The second-order valence-corrected chi connectivity index (χ2v) is 9.87. The summed E-state index contributed by atoms with van der Waals surface area (Å²) in [6.45, 7) is 4.55. The molecule has 0 saturated carbocycles. The van der Waals surface area contributed by atoms with Crippen LogP contribution < -0.4 is 16.8 Å². The number of aromatic nitrogens is 1. The Balaban J connectivity index is 1.57. The fourth-order valence-electron chi connectivity index (χ4n) is 5.14. The van der Waals surface area contributed by atoms with Gasteiger partial charge in [-0.1, -0.05) is 18.2 Å². The summed E-state index contributed by atoms with van der Waals surface area (Å²) in [5, 5.41) is 3.54. The number of pyridine rings is 1. The number of fused-ring (bicyclic) bond motifs is 1. The molecule has 1 saturated heterocycles. The number of nitrogens with two attached hydrogens (primary N) is 2. The van der Waals surface area contributed by atoms with Crippen LogP contribution in [0.1, 0.15) is 46.6 Å². The molecule has 0 radical (unpaired) electrons. The van der Waals surface area contributed by atoms with Crippen LogP contribution in [0.2, 0.25) is 0 Å². The third-order valence-corrected chi connectivity index (χ3v) is 7.05. The van der Waals surface area contributed by atoms with Gasteiger partial charge in [0.25, 0.3) is 0 Å². The number of anilines is 2. The number of ether oxygens (including phenoxy) is 1. The van der Waals surface area contributed by atoms with E-state index in [1.807, 2.05) is 24.4 Å². The largest absolute Gasteiger partial charge is 0.398 e. The van der Waals surface area contributed by atoms with Crippen molar-refractivity contribution in [3.8, 4) is 11.1 Å². The first kappa shape index (κ1) is 23.5. The first-order valence-corrected chi connectivity index (χ1v) is 12.2. The molecule has 7 nitrogen and oxygen atoms in total. The molecule has 2 aromatic carbocycles. The fraction of sp³-hybridized carbons (Fsp3) is 0.357. The maximum atomic E-state index is 6.96. The first-order valence-electron chi connectivity index (χ1n) is 12.2. The van der Waals surface area contributed by atoms with Crippen molar-refractivity contribution >= 4 is 17.6 Å². The lowest BCUT2D eigenvalue weighted by Gasteiger charge is -2.35. The van der Waals surface area contributed by atoms with Crippen LogP contribution in [-0.4, -0.2) is 43.4 Å². The second-order valence-electron chi connectivity index (χ2n) is 9.87. The molecule has 35 heavy (non-hydrogen) atoms. The molecule has 2 aliphatic rings. The zero-order valence-corrected chi connectivity index (χ0v) is 20.7. The predicted octanol–water partition coefficient (Wildman–Crippen LogP) is 4.21. The normalized spacial score (nSPS) is 20.0. The molecule has 3 heterocycles. The highest BCUT2D eigenvalue weighted by Gasteiger charge is 2.33. The minimum absolute atomic E-state index is 0.505. The molecule has 5 rings (SSSR count). The van der Waals surface area contributed by atoms with E-state index in [0.29, 0.717) is 11.6 Å². The van der Waals surface area contributed by atoms with E-state index >= 15 is 0 Å². The number of nitrogen functional groups attached to an aromatic ring is 1. The standard InChI is InChI=1S/C28H34N6O/c1-18-8-11-31-15-24(18)23-6-7-26(29)25-16-32-28(30,33-27(23)25)21-4-5-22(19-9-12-35-13-10-19)20(14-21)17-34(2)3/h4-8,11,14-16,19,33H,9-10,12-13,17,29-30H2,1-3H3. The van der Waals surface area contributed by atoms with E-state index in [1.54, 1.807) is 12.4 Å². The zero-order valence-electron chi connectivity index (χ0n) is 20.7. The molecular weight excluding hydrogens is 436 g/mol. The molecule has 1 unspecified atom stereocenters. The molecule has 1 fully saturated rings. The summed E-state index contributed by atoms with van der Waals surface area (Å²) in [4.78, 5) is 11.3. The molecule has 1 aromatic heterocycles. The van der Waals surface area contributed by atoms with Crippen molar-refractivity contribution < 1.29 is 4.74 Å². The Morgan fingerprint density at radius 1 is 1.11 bits per heavy atom. The predicted molar refractivity (Wildman–Crippen MR) is 143 cm³/mol. The summed E-state index contributed by atoms with van der Waals surface area (Å²) in [6, 6.07) is 12.5. The van der Waals surface area contributed by atoms with Crippen molar-refractivity contribution in [3.05, 3.63) is 76.6 Å². The van der Waals surface area contributed by atoms with E-state index in [-0.39, 0.29) is 0 Å². The Morgan fingerprint density at radius 3 is 2.66 bits per heavy atom. The van der Waals surface area contributed by atoms with Gasteiger partial charge in [0.2, 0.25) is 5.79 Å². The van der Waals surface area contributed by atoms with Gasteiger partial charge in [-0.2, -0.15) is 0 Å². The molecule has 0 aliphatic carbocycles. The summed E-state index contributed by atoms with van der Waals surface area (Å²) in [5.41, 5.74) is 22.4. The smallest absolute Gasteiger partial charge is 0.209 e. The van der Waals surface area contributed by atoms with Gasteiger partial charge in [0.1, 0.15) is 0 Å². The highest BCUT2D eigenvalue weighted by Crippen LogP contribution is 2.41. The average Bonchev–Trinajstić information content (AvgIpc) is 2.85. The van der Waals surface area contributed by atoms with Gasteiger partial charge in [-0.25, -0.2) is 4.99 Å². The number of hydrogen-bond donors (Lipinski definition) is 3. The van der Waals surface area contributed by atoms with Crippen molar-refractivity contribution in [1.29, 1.82) is 0 Å². The molecule has 2 aliphatic heterocycles. The Hall–Kier alpha value is -3.26. The molecule has 3 aromatic rings. The van der Waals surface area contributed by atoms with Crippen molar-refractivity contribution in [1.82, 2.24) is 9.88 Å². The Bertz CT molecular complexity index is 1260. The minimum Gasteiger partial charge on any atom is -0.398 e. The number of benzene rings is 2. The maximum absolute atomic E-state index is 6.96. The van der Waals surface area contributed by atoms with Crippen LogP contribution in [0.25, 0.3) is 11.1 Å². The molecular formula is C28H34N6O. The first-order chi connectivity index (χ1) is 16.9. The Kier molecular flexibility index (Phi) is 6.32. The third-order valence-electron chi connectivity index (χ3n) is 7.05. The second kappa shape index (κ2) is 9.41. The topological polar surface area (TPSA) is 102 Å². The van der Waals surface area contributed by atoms with Crippen LogP contribution in [0.5, 0.6) is 0 Å². The van der Waals surface area contributed by atoms with Gasteiger partial charge in [-0.3, -0.25) is 10.7 Å². The molecule has 7 heteroatoms. The number of rotatable bonds is 5. The molecule has 0 spiro atoms. The van der Waals surface area contributed by atoms with Crippen molar-refractivity contribution in [3.63, 3.8) is 0 Å². The quantitative estimate of drug-likeness (QED) is 0.483. The summed E-state index contributed by atoms with van der Waals surface area (Å²) in [7, 11) is 4.19. The number of nitrogens with zero attached hydrogens (tertiary/aromatic N) is 3. The lowest BCUT2D eigenvalue weighted by molar-refractivity contribution is 0.0850. The SMILES string of the molecule is Cc1ccncc1-c1ccc(N)c2c1NC(N)(c1ccc(C3CCOCC3)c(CN(C)C)c1)N=C2. The van der Waals surface area contributed by atoms with Crippen LogP contribution >= 0.6 is 0 Å². The van der Waals surface area contributed by atoms with Gasteiger partial charge in [0.15, 0.2) is 0 Å². The van der Waals surface area contributed by atoms with Gasteiger partial charge in [-0.05, 0) is 74.7 Å². The Morgan fingerprint density at radius 2 is 1.91 bits per heavy atom. The average molecular weight is 471 g/mol. The van der Waals surface area contributed by atoms with E-state index in [9.17, 15) is 0 Å². The Labute approximate surface area is 207 Å². The number of aliphatic imine (C=N–C) groups is 1. The van der Waals surface area contributed by atoms with Crippen molar-refractivity contribution in [2.24, 2.45) is 10.7 Å². The van der Waals surface area contributed by atoms with Gasteiger partial charge < -0.3 is 20.7 Å². The highest BCUT2D eigenvalue weighted by atomic mass is 16.5.